The second-order valence-corrected chi connectivity index (χ2v) is 9.06. The number of alkyl halides is 1. The molecule has 1 spiro atoms. The predicted octanol–water partition coefficient (Wildman–Crippen LogP) is 3.66. The number of halogens is 1. The van der Waals surface area contributed by atoms with E-state index in [-0.39, 0.29) is 22.8 Å². The van der Waals surface area contributed by atoms with E-state index < -0.39 is 5.60 Å². The van der Waals surface area contributed by atoms with E-state index in [0.29, 0.717) is 44.7 Å². The van der Waals surface area contributed by atoms with Crippen LogP contribution < -0.4 is 0 Å². The molecular formula is C20H29ClN2O4. The first-order valence-electron chi connectivity index (χ1n) is 9.55. The van der Waals surface area contributed by atoms with Gasteiger partial charge in [-0.25, -0.2) is 4.79 Å². The summed E-state index contributed by atoms with van der Waals surface area (Å²) in [7, 11) is 1.60. The van der Waals surface area contributed by atoms with E-state index in [1.165, 1.54) is 0 Å². The highest BCUT2D eigenvalue weighted by molar-refractivity contribution is 6.22. The number of ether oxygens (including phenoxy) is 2. The molecule has 0 saturated carbocycles. The quantitative estimate of drug-likeness (QED) is 0.668. The lowest BCUT2D eigenvalue weighted by Gasteiger charge is -2.38. The van der Waals surface area contributed by atoms with Crippen LogP contribution in [0.2, 0.25) is 0 Å². The SMILES string of the molecule is COC1=CC(N2CCC3(CCN(C(=O)OC(C)(C)C)CC3)C2=O)=CCC1Cl. The third-order valence-electron chi connectivity index (χ3n) is 5.57. The standard InChI is InChI=1S/C20H29ClN2O4/c1-19(2,3)27-18(25)22-10-7-20(8-11-22)9-12-23(17(20)24)14-5-6-15(21)16(13-14)26-4/h5,13,15H,6-12H2,1-4H3. The van der Waals surface area contributed by atoms with Gasteiger partial charge in [0.25, 0.3) is 0 Å². The largest absolute Gasteiger partial charge is 0.499 e. The van der Waals surface area contributed by atoms with Gasteiger partial charge in [0, 0.05) is 31.4 Å². The van der Waals surface area contributed by atoms with Crippen LogP contribution >= 0.6 is 11.6 Å². The lowest BCUT2D eigenvalue weighted by atomic mass is 9.77. The molecule has 0 aromatic heterocycles. The highest BCUT2D eigenvalue weighted by atomic mass is 35.5. The van der Waals surface area contributed by atoms with Gasteiger partial charge in [0.05, 0.1) is 17.9 Å². The van der Waals surface area contributed by atoms with Gasteiger partial charge in [-0.05, 0) is 46.5 Å². The molecule has 0 aromatic rings. The highest BCUT2D eigenvalue weighted by Gasteiger charge is 2.49. The van der Waals surface area contributed by atoms with Gasteiger partial charge >= 0.3 is 6.09 Å². The third-order valence-corrected chi connectivity index (χ3v) is 5.96. The molecule has 0 N–H and O–H groups in total. The van der Waals surface area contributed by atoms with Gasteiger partial charge < -0.3 is 19.3 Å². The van der Waals surface area contributed by atoms with E-state index in [2.05, 4.69) is 0 Å². The third kappa shape index (κ3) is 4.10. The molecule has 27 heavy (non-hydrogen) atoms. The Bertz CT molecular complexity index is 672. The summed E-state index contributed by atoms with van der Waals surface area (Å²) in [6.45, 7) is 7.38. The van der Waals surface area contributed by atoms with Crippen molar-refractivity contribution in [2.45, 2.75) is 57.4 Å². The van der Waals surface area contributed by atoms with Gasteiger partial charge in [-0.3, -0.25) is 4.79 Å². The van der Waals surface area contributed by atoms with Crippen molar-refractivity contribution >= 4 is 23.6 Å². The summed E-state index contributed by atoms with van der Waals surface area (Å²) in [5.74, 6) is 0.847. The fourth-order valence-electron chi connectivity index (χ4n) is 3.98. The first-order valence-corrected chi connectivity index (χ1v) is 9.98. The summed E-state index contributed by atoms with van der Waals surface area (Å²) in [6.07, 6.45) is 6.39. The van der Waals surface area contributed by atoms with Gasteiger partial charge in [0.1, 0.15) is 11.4 Å². The number of hydrogen-bond donors (Lipinski definition) is 0. The number of hydrogen-bond acceptors (Lipinski definition) is 4. The second-order valence-electron chi connectivity index (χ2n) is 8.54. The van der Waals surface area contributed by atoms with Crippen LogP contribution in [0.25, 0.3) is 0 Å². The summed E-state index contributed by atoms with van der Waals surface area (Å²) in [5.41, 5.74) is -0.0102. The zero-order chi connectivity index (χ0) is 19.8. The number of nitrogens with zero attached hydrogens (tertiary/aromatic N) is 2. The average molecular weight is 397 g/mol. The van der Waals surface area contributed by atoms with Crippen LogP contribution in [0.15, 0.2) is 23.6 Å². The maximum atomic E-state index is 13.2. The fraction of sp³-hybridized carbons (Fsp3) is 0.700. The minimum absolute atomic E-state index is 0.150. The van der Waals surface area contributed by atoms with Gasteiger partial charge in [-0.1, -0.05) is 6.08 Å². The summed E-state index contributed by atoms with van der Waals surface area (Å²) >= 11 is 6.23. The minimum Gasteiger partial charge on any atom is -0.499 e. The van der Waals surface area contributed by atoms with Crippen molar-refractivity contribution < 1.29 is 19.1 Å². The zero-order valence-electron chi connectivity index (χ0n) is 16.6. The van der Waals surface area contributed by atoms with Crippen molar-refractivity contribution in [1.29, 1.82) is 0 Å². The predicted molar refractivity (Wildman–Crippen MR) is 103 cm³/mol. The van der Waals surface area contributed by atoms with Crippen LogP contribution in [0.5, 0.6) is 0 Å². The number of methoxy groups -OCH3 is 1. The maximum Gasteiger partial charge on any atom is 0.410 e. The van der Waals surface area contributed by atoms with Crippen molar-refractivity contribution in [3.8, 4) is 0 Å². The molecule has 3 aliphatic rings. The highest BCUT2D eigenvalue weighted by Crippen LogP contribution is 2.43. The lowest BCUT2D eigenvalue weighted by Crippen LogP contribution is -2.47. The van der Waals surface area contributed by atoms with E-state index in [1.807, 2.05) is 37.8 Å². The van der Waals surface area contributed by atoms with Crippen LogP contribution in [0.1, 0.15) is 46.5 Å². The lowest BCUT2D eigenvalue weighted by molar-refractivity contribution is -0.136. The Morgan fingerprint density at radius 1 is 1.22 bits per heavy atom. The Hall–Kier alpha value is -1.69. The second kappa shape index (κ2) is 7.38. The Morgan fingerprint density at radius 2 is 1.85 bits per heavy atom. The molecule has 2 aliphatic heterocycles. The molecule has 1 atom stereocenters. The first kappa shape index (κ1) is 20.1. The molecule has 2 saturated heterocycles. The molecule has 1 unspecified atom stereocenters. The molecule has 0 aromatic carbocycles. The van der Waals surface area contributed by atoms with Crippen LogP contribution in [-0.2, 0) is 14.3 Å². The first-order chi connectivity index (χ1) is 12.6. The number of rotatable bonds is 2. The Morgan fingerprint density at radius 3 is 2.44 bits per heavy atom. The fourth-order valence-corrected chi connectivity index (χ4v) is 4.23. The molecule has 3 rings (SSSR count). The van der Waals surface area contributed by atoms with Crippen molar-refractivity contribution in [2.24, 2.45) is 5.41 Å². The number of amides is 2. The zero-order valence-corrected chi connectivity index (χ0v) is 17.3. The van der Waals surface area contributed by atoms with E-state index >= 15 is 0 Å². The molecular weight excluding hydrogens is 368 g/mol. The van der Waals surface area contributed by atoms with Crippen molar-refractivity contribution in [3.63, 3.8) is 0 Å². The Kier molecular flexibility index (Phi) is 5.48. The summed E-state index contributed by atoms with van der Waals surface area (Å²) in [6, 6.07) is 0. The van der Waals surface area contributed by atoms with Gasteiger partial charge in [0.15, 0.2) is 0 Å². The van der Waals surface area contributed by atoms with E-state index in [0.717, 1.165) is 12.1 Å². The van der Waals surface area contributed by atoms with E-state index in [4.69, 9.17) is 21.1 Å². The molecule has 7 heteroatoms. The number of carbonyl (C=O) groups is 2. The molecule has 1 aliphatic carbocycles. The molecule has 0 radical (unpaired) electrons. The average Bonchev–Trinajstić information content (AvgIpc) is 2.91. The summed E-state index contributed by atoms with van der Waals surface area (Å²) in [4.78, 5) is 29.1. The number of likely N-dealkylation sites (tertiary alicyclic amines) is 2. The molecule has 150 valence electrons. The van der Waals surface area contributed by atoms with Gasteiger partial charge in [-0.15, -0.1) is 11.6 Å². The topological polar surface area (TPSA) is 59.1 Å². The normalized spacial score (nSPS) is 25.4. The maximum absolute atomic E-state index is 13.2. The van der Waals surface area contributed by atoms with Crippen LogP contribution in [0.4, 0.5) is 4.79 Å². The molecule has 2 fully saturated rings. The van der Waals surface area contributed by atoms with E-state index in [9.17, 15) is 9.59 Å². The number of allylic oxidation sites excluding steroid dienone is 3. The Labute approximate surface area is 166 Å². The van der Waals surface area contributed by atoms with Crippen molar-refractivity contribution in [3.05, 3.63) is 23.6 Å². The van der Waals surface area contributed by atoms with E-state index in [1.54, 1.807) is 12.0 Å². The number of piperidine rings is 1. The smallest absolute Gasteiger partial charge is 0.410 e. The Balaban J connectivity index is 1.64. The van der Waals surface area contributed by atoms with Gasteiger partial charge in [0.2, 0.25) is 5.91 Å². The monoisotopic (exact) mass is 396 g/mol. The van der Waals surface area contributed by atoms with Crippen molar-refractivity contribution in [2.75, 3.05) is 26.7 Å². The summed E-state index contributed by atoms with van der Waals surface area (Å²) in [5, 5.41) is -0.178. The van der Waals surface area contributed by atoms with Crippen LogP contribution in [-0.4, -0.2) is 59.5 Å². The molecule has 2 heterocycles. The van der Waals surface area contributed by atoms with Gasteiger partial charge in [-0.2, -0.15) is 0 Å². The van der Waals surface area contributed by atoms with Crippen LogP contribution in [0.3, 0.4) is 0 Å². The molecule has 2 amide bonds. The number of carbonyl (C=O) groups excluding carboxylic acids is 2. The molecule has 6 nitrogen and oxygen atoms in total. The minimum atomic E-state index is -0.509. The van der Waals surface area contributed by atoms with Crippen LogP contribution in [0, 0.1) is 5.41 Å². The summed E-state index contributed by atoms with van der Waals surface area (Å²) < 4.78 is 10.8. The molecule has 0 bridgehead atoms. The van der Waals surface area contributed by atoms with Crippen molar-refractivity contribution in [1.82, 2.24) is 9.80 Å².